The van der Waals surface area contributed by atoms with Crippen LogP contribution >= 0.6 is 0 Å². The van der Waals surface area contributed by atoms with E-state index < -0.39 is 6.10 Å². The lowest BCUT2D eigenvalue weighted by atomic mass is 9.99. The lowest BCUT2D eigenvalue weighted by Gasteiger charge is -2.12. The molecule has 20 heavy (non-hydrogen) atoms. The Balaban J connectivity index is 1.93. The number of fused-ring (bicyclic) bond motifs is 1. The van der Waals surface area contributed by atoms with Gasteiger partial charge in [0.05, 0.1) is 17.8 Å². The first kappa shape index (κ1) is 12.8. The van der Waals surface area contributed by atoms with Gasteiger partial charge in [-0.3, -0.25) is 0 Å². The van der Waals surface area contributed by atoms with Crippen LogP contribution in [0.5, 0.6) is 0 Å². The van der Waals surface area contributed by atoms with Crippen molar-refractivity contribution in [2.45, 2.75) is 19.4 Å². The number of aryl methyl sites for hydroxylation is 1. The van der Waals surface area contributed by atoms with Gasteiger partial charge in [-0.25, -0.2) is 8.91 Å². The van der Waals surface area contributed by atoms with Crippen molar-refractivity contribution in [3.05, 3.63) is 71.3 Å². The van der Waals surface area contributed by atoms with Crippen molar-refractivity contribution in [1.29, 1.82) is 0 Å². The van der Waals surface area contributed by atoms with Gasteiger partial charge in [-0.2, -0.15) is 5.10 Å². The van der Waals surface area contributed by atoms with Crippen LogP contribution in [0.1, 0.15) is 22.8 Å². The molecular formula is C16H15FN2O. The van der Waals surface area contributed by atoms with Crippen molar-refractivity contribution < 1.29 is 9.50 Å². The topological polar surface area (TPSA) is 37.5 Å². The maximum atomic E-state index is 13.3. The van der Waals surface area contributed by atoms with Crippen LogP contribution in [-0.4, -0.2) is 14.7 Å². The molecular weight excluding hydrogens is 255 g/mol. The van der Waals surface area contributed by atoms with Gasteiger partial charge in [0, 0.05) is 18.2 Å². The number of benzene rings is 1. The van der Waals surface area contributed by atoms with Crippen molar-refractivity contribution in [3.8, 4) is 0 Å². The van der Waals surface area contributed by atoms with Gasteiger partial charge in [0.1, 0.15) is 5.82 Å². The van der Waals surface area contributed by atoms with E-state index in [1.807, 2.05) is 31.3 Å². The van der Waals surface area contributed by atoms with E-state index >= 15 is 0 Å². The molecule has 0 aliphatic rings. The van der Waals surface area contributed by atoms with Gasteiger partial charge < -0.3 is 5.11 Å². The molecule has 1 unspecified atom stereocenters. The molecule has 0 spiro atoms. The van der Waals surface area contributed by atoms with Crippen LogP contribution in [0.3, 0.4) is 0 Å². The predicted octanol–water partition coefficient (Wildman–Crippen LogP) is 3.06. The number of hydrogen-bond acceptors (Lipinski definition) is 2. The summed E-state index contributed by atoms with van der Waals surface area (Å²) in [4.78, 5) is 0. The normalized spacial score (nSPS) is 12.8. The summed E-state index contributed by atoms with van der Waals surface area (Å²) >= 11 is 0. The van der Waals surface area contributed by atoms with Gasteiger partial charge in [-0.15, -0.1) is 0 Å². The Morgan fingerprint density at radius 3 is 3.00 bits per heavy atom. The minimum Gasteiger partial charge on any atom is -0.388 e. The highest BCUT2D eigenvalue weighted by Crippen LogP contribution is 2.24. The second-order valence-electron chi connectivity index (χ2n) is 4.92. The number of hydrogen-bond donors (Lipinski definition) is 1. The summed E-state index contributed by atoms with van der Waals surface area (Å²) in [5, 5.41) is 14.6. The Morgan fingerprint density at radius 1 is 1.30 bits per heavy atom. The van der Waals surface area contributed by atoms with E-state index in [1.54, 1.807) is 16.8 Å². The number of aliphatic hydroxyl groups excluding tert-OH is 1. The second-order valence-corrected chi connectivity index (χ2v) is 4.92. The molecule has 3 nitrogen and oxygen atoms in total. The molecule has 1 aromatic carbocycles. The smallest absolute Gasteiger partial charge is 0.123 e. The molecule has 0 aliphatic carbocycles. The Hall–Kier alpha value is -2.20. The first-order chi connectivity index (χ1) is 9.65. The van der Waals surface area contributed by atoms with Gasteiger partial charge in [0.2, 0.25) is 0 Å². The molecule has 1 N–H and O–H groups in total. The number of pyridine rings is 1. The molecule has 0 saturated carbocycles. The Labute approximate surface area is 116 Å². The zero-order valence-corrected chi connectivity index (χ0v) is 11.1. The standard InChI is InChI=1S/C16H15FN2O/c1-11-5-6-13(17)8-12(11)9-16(20)14-10-18-19-7-3-2-4-15(14)19/h2-8,10,16,20H,9H2,1H3. The molecule has 0 bridgehead atoms. The summed E-state index contributed by atoms with van der Waals surface area (Å²) < 4.78 is 15.0. The largest absolute Gasteiger partial charge is 0.388 e. The van der Waals surface area contributed by atoms with Crippen LogP contribution in [0, 0.1) is 12.7 Å². The third kappa shape index (κ3) is 2.30. The van der Waals surface area contributed by atoms with Crippen molar-refractivity contribution in [2.75, 3.05) is 0 Å². The Kier molecular flexibility index (Phi) is 3.24. The average Bonchev–Trinajstić information content (AvgIpc) is 2.87. The number of aliphatic hydroxyl groups is 1. The minimum absolute atomic E-state index is 0.280. The second kappa shape index (κ2) is 5.06. The van der Waals surface area contributed by atoms with E-state index in [9.17, 15) is 9.50 Å². The molecule has 0 aliphatic heterocycles. The minimum atomic E-state index is -0.699. The third-order valence-corrected chi connectivity index (χ3v) is 3.54. The van der Waals surface area contributed by atoms with Crippen LogP contribution in [0.25, 0.3) is 5.52 Å². The van der Waals surface area contributed by atoms with Crippen LogP contribution < -0.4 is 0 Å². The zero-order chi connectivity index (χ0) is 14.1. The summed E-state index contributed by atoms with van der Waals surface area (Å²) in [5.74, 6) is -0.280. The fourth-order valence-electron chi connectivity index (χ4n) is 2.39. The van der Waals surface area contributed by atoms with Gasteiger partial charge in [0.25, 0.3) is 0 Å². The highest BCUT2D eigenvalue weighted by molar-refractivity contribution is 5.54. The summed E-state index contributed by atoms with van der Waals surface area (Å²) in [7, 11) is 0. The van der Waals surface area contributed by atoms with E-state index in [1.165, 1.54) is 12.1 Å². The SMILES string of the molecule is Cc1ccc(F)cc1CC(O)c1cnn2ccccc12. The lowest BCUT2D eigenvalue weighted by molar-refractivity contribution is 0.179. The van der Waals surface area contributed by atoms with Crippen LogP contribution in [-0.2, 0) is 6.42 Å². The van der Waals surface area contributed by atoms with Gasteiger partial charge in [-0.05, 0) is 42.3 Å². The fraction of sp³-hybridized carbons (Fsp3) is 0.188. The van der Waals surface area contributed by atoms with Crippen LogP contribution in [0.4, 0.5) is 4.39 Å². The molecule has 0 fully saturated rings. The fourth-order valence-corrected chi connectivity index (χ4v) is 2.39. The molecule has 102 valence electrons. The van der Waals surface area contributed by atoms with E-state index in [0.717, 1.165) is 22.2 Å². The summed E-state index contributed by atoms with van der Waals surface area (Å²) in [6.45, 7) is 1.91. The maximum Gasteiger partial charge on any atom is 0.123 e. The molecule has 0 radical (unpaired) electrons. The molecule has 0 saturated heterocycles. The molecule has 3 aromatic rings. The zero-order valence-electron chi connectivity index (χ0n) is 11.1. The monoisotopic (exact) mass is 270 g/mol. The summed E-state index contributed by atoms with van der Waals surface area (Å²) in [5.41, 5.74) is 3.41. The van der Waals surface area contributed by atoms with Crippen LogP contribution in [0.15, 0.2) is 48.8 Å². The molecule has 1 atom stereocenters. The number of nitrogens with zero attached hydrogens (tertiary/aromatic N) is 2. The van der Waals surface area contributed by atoms with E-state index in [2.05, 4.69) is 5.10 Å². The number of aromatic nitrogens is 2. The van der Waals surface area contributed by atoms with Crippen molar-refractivity contribution >= 4 is 5.52 Å². The van der Waals surface area contributed by atoms with Gasteiger partial charge in [0.15, 0.2) is 0 Å². The molecule has 2 aromatic heterocycles. The Morgan fingerprint density at radius 2 is 2.15 bits per heavy atom. The Bertz CT molecular complexity index is 751. The highest BCUT2D eigenvalue weighted by atomic mass is 19.1. The molecule has 3 rings (SSSR count). The van der Waals surface area contributed by atoms with E-state index in [-0.39, 0.29) is 5.82 Å². The predicted molar refractivity (Wildman–Crippen MR) is 75.0 cm³/mol. The summed E-state index contributed by atoms with van der Waals surface area (Å²) in [6, 6.07) is 10.3. The quantitative estimate of drug-likeness (QED) is 0.794. The first-order valence-electron chi connectivity index (χ1n) is 6.50. The summed E-state index contributed by atoms with van der Waals surface area (Å²) in [6.07, 6.45) is 3.17. The van der Waals surface area contributed by atoms with Crippen LogP contribution in [0.2, 0.25) is 0 Å². The van der Waals surface area contributed by atoms with Gasteiger partial charge in [-0.1, -0.05) is 12.1 Å². The first-order valence-corrected chi connectivity index (χ1v) is 6.50. The highest BCUT2D eigenvalue weighted by Gasteiger charge is 2.15. The molecule has 0 amide bonds. The molecule has 4 heteroatoms. The third-order valence-electron chi connectivity index (χ3n) is 3.54. The van der Waals surface area contributed by atoms with E-state index in [4.69, 9.17) is 0 Å². The lowest BCUT2D eigenvalue weighted by Crippen LogP contribution is -2.03. The van der Waals surface area contributed by atoms with Gasteiger partial charge >= 0.3 is 0 Å². The number of rotatable bonds is 3. The molecule has 2 heterocycles. The maximum absolute atomic E-state index is 13.3. The van der Waals surface area contributed by atoms with E-state index in [0.29, 0.717) is 6.42 Å². The average molecular weight is 270 g/mol. The van der Waals surface area contributed by atoms with Crippen molar-refractivity contribution in [2.24, 2.45) is 0 Å². The number of halogens is 1. The van der Waals surface area contributed by atoms with Crippen molar-refractivity contribution in [1.82, 2.24) is 9.61 Å². The van der Waals surface area contributed by atoms with Crippen molar-refractivity contribution in [3.63, 3.8) is 0 Å².